The monoisotopic (exact) mass is 300 g/mol. The van der Waals surface area contributed by atoms with Gasteiger partial charge in [-0.3, -0.25) is 0 Å². The van der Waals surface area contributed by atoms with Gasteiger partial charge < -0.3 is 22.5 Å². The average Bonchev–Trinajstić information content (AvgIpc) is 2.37. The third-order valence-electron chi connectivity index (χ3n) is 2.82. The molecule has 0 amide bonds. The Morgan fingerprint density at radius 1 is 0.905 bits per heavy atom. The lowest BCUT2D eigenvalue weighted by molar-refractivity contribution is -0.137. The van der Waals surface area contributed by atoms with Gasteiger partial charge in [-0.2, -0.15) is 13.2 Å². The molecule has 0 saturated heterocycles. The summed E-state index contributed by atoms with van der Waals surface area (Å²) in [6.45, 7) is 0. The number of alkyl halides is 3. The van der Waals surface area contributed by atoms with Crippen molar-refractivity contribution >= 4 is 28.4 Å². The molecule has 0 atom stereocenters. The van der Waals surface area contributed by atoms with E-state index < -0.39 is 17.6 Å². The van der Waals surface area contributed by atoms with Gasteiger partial charge in [0.15, 0.2) is 0 Å². The molecule has 0 bridgehead atoms. The van der Waals surface area contributed by atoms with E-state index in [-0.39, 0.29) is 28.4 Å². The second-order valence-electron chi connectivity index (χ2n) is 4.39. The molecule has 0 saturated carbocycles. The molecule has 112 valence electrons. The van der Waals surface area contributed by atoms with Gasteiger partial charge in [-0.15, -0.1) is 0 Å². The molecule has 0 aliphatic heterocycles. The number of rotatable bonds is 2. The second kappa shape index (κ2) is 5.04. The van der Waals surface area contributed by atoms with E-state index in [1.807, 2.05) is 0 Å². The Morgan fingerprint density at radius 3 is 2.10 bits per heavy atom. The molecule has 21 heavy (non-hydrogen) atoms. The predicted octanol–water partition coefficient (Wildman–Crippen LogP) is 3.33. The number of nitrogen functional groups attached to an aromatic ring is 3. The van der Waals surface area contributed by atoms with Gasteiger partial charge in [0.2, 0.25) is 0 Å². The number of halogens is 4. The fourth-order valence-corrected chi connectivity index (χ4v) is 1.72. The molecule has 4 nitrogen and oxygen atoms in total. The van der Waals surface area contributed by atoms with E-state index in [2.05, 4.69) is 5.32 Å². The van der Waals surface area contributed by atoms with Crippen LogP contribution in [-0.2, 0) is 6.18 Å². The first-order valence-electron chi connectivity index (χ1n) is 5.76. The third kappa shape index (κ3) is 3.10. The Balaban J connectivity index is 2.32. The molecule has 2 aromatic carbocycles. The molecule has 0 aromatic heterocycles. The third-order valence-corrected chi connectivity index (χ3v) is 2.82. The summed E-state index contributed by atoms with van der Waals surface area (Å²) in [5, 5.41) is 2.69. The molecule has 2 aromatic rings. The summed E-state index contributed by atoms with van der Waals surface area (Å²) >= 11 is 0. The highest BCUT2D eigenvalue weighted by molar-refractivity contribution is 5.77. The zero-order valence-electron chi connectivity index (χ0n) is 10.6. The molecule has 7 N–H and O–H groups in total. The molecule has 0 fully saturated rings. The van der Waals surface area contributed by atoms with Gasteiger partial charge in [0.1, 0.15) is 5.82 Å². The van der Waals surface area contributed by atoms with Gasteiger partial charge >= 0.3 is 6.18 Å². The second-order valence-corrected chi connectivity index (χ2v) is 4.39. The Hall–Kier alpha value is -2.64. The Labute approximate surface area is 117 Å². The van der Waals surface area contributed by atoms with Crippen molar-refractivity contribution in [2.24, 2.45) is 0 Å². The fourth-order valence-electron chi connectivity index (χ4n) is 1.72. The van der Waals surface area contributed by atoms with Crippen LogP contribution < -0.4 is 22.5 Å². The van der Waals surface area contributed by atoms with Crippen molar-refractivity contribution in [3.63, 3.8) is 0 Å². The highest BCUT2D eigenvalue weighted by atomic mass is 19.4. The zero-order valence-corrected chi connectivity index (χ0v) is 10.6. The molecule has 0 spiro atoms. The number of benzene rings is 2. The topological polar surface area (TPSA) is 90.1 Å². The van der Waals surface area contributed by atoms with Crippen LogP contribution in [0.1, 0.15) is 5.56 Å². The fraction of sp³-hybridized carbons (Fsp3) is 0.0769. The first kappa shape index (κ1) is 14.8. The van der Waals surface area contributed by atoms with Crippen LogP contribution in [-0.4, -0.2) is 0 Å². The van der Waals surface area contributed by atoms with Gasteiger partial charge in [-0.25, -0.2) is 4.39 Å². The molecule has 0 aliphatic carbocycles. The van der Waals surface area contributed by atoms with Crippen molar-refractivity contribution in [2.75, 3.05) is 22.5 Å². The predicted molar refractivity (Wildman–Crippen MR) is 74.4 cm³/mol. The van der Waals surface area contributed by atoms with E-state index in [9.17, 15) is 17.6 Å². The number of hydrogen-bond acceptors (Lipinski definition) is 4. The number of anilines is 5. The number of hydrogen-bond donors (Lipinski definition) is 4. The first-order chi connectivity index (χ1) is 9.68. The Kier molecular flexibility index (Phi) is 3.54. The average molecular weight is 300 g/mol. The standard InChI is InChI=1S/C13H12F4N4/c14-8-4-7(5-10(19)12(8)20)21-11-2-1-6(3-9(11)18)13(15,16)17/h1-5,21H,18-20H2. The molecular formula is C13H12F4N4. The van der Waals surface area contributed by atoms with Crippen LogP contribution in [0.2, 0.25) is 0 Å². The van der Waals surface area contributed by atoms with Crippen LogP contribution in [0.3, 0.4) is 0 Å². The first-order valence-corrected chi connectivity index (χ1v) is 5.76. The van der Waals surface area contributed by atoms with Crippen molar-refractivity contribution in [1.29, 1.82) is 0 Å². The highest BCUT2D eigenvalue weighted by Crippen LogP contribution is 2.34. The lowest BCUT2D eigenvalue weighted by Crippen LogP contribution is -2.07. The Morgan fingerprint density at radius 2 is 1.57 bits per heavy atom. The van der Waals surface area contributed by atoms with Gasteiger partial charge in [0.05, 0.1) is 28.3 Å². The summed E-state index contributed by atoms with van der Waals surface area (Å²) < 4.78 is 51.0. The van der Waals surface area contributed by atoms with Gasteiger partial charge in [-0.1, -0.05) is 0 Å². The molecule has 0 unspecified atom stereocenters. The van der Waals surface area contributed by atoms with E-state index in [4.69, 9.17) is 17.2 Å². The van der Waals surface area contributed by atoms with Gasteiger partial charge in [0.25, 0.3) is 0 Å². The molecule has 2 rings (SSSR count). The van der Waals surface area contributed by atoms with Gasteiger partial charge in [0, 0.05) is 5.69 Å². The van der Waals surface area contributed by atoms with E-state index in [1.165, 1.54) is 6.07 Å². The van der Waals surface area contributed by atoms with E-state index in [1.54, 1.807) is 0 Å². The summed E-state index contributed by atoms with van der Waals surface area (Å²) in [5.74, 6) is -0.733. The SMILES string of the molecule is Nc1cc(C(F)(F)F)ccc1Nc1cc(N)c(N)c(F)c1. The molecular weight excluding hydrogens is 288 g/mol. The van der Waals surface area contributed by atoms with Crippen molar-refractivity contribution < 1.29 is 17.6 Å². The van der Waals surface area contributed by atoms with E-state index in [0.717, 1.165) is 24.3 Å². The quantitative estimate of drug-likeness (QED) is 0.506. The maximum Gasteiger partial charge on any atom is 0.416 e. The molecule has 8 heteroatoms. The summed E-state index contributed by atoms with van der Waals surface area (Å²) in [7, 11) is 0. The lowest BCUT2D eigenvalue weighted by Gasteiger charge is -2.13. The van der Waals surface area contributed by atoms with Crippen molar-refractivity contribution in [3.8, 4) is 0 Å². The summed E-state index contributed by atoms with van der Waals surface area (Å²) in [6.07, 6.45) is -4.48. The molecule has 0 aliphatic rings. The van der Waals surface area contributed by atoms with Crippen molar-refractivity contribution in [3.05, 3.63) is 41.7 Å². The minimum Gasteiger partial charge on any atom is -0.397 e. The minimum atomic E-state index is -4.48. The van der Waals surface area contributed by atoms with Crippen molar-refractivity contribution in [2.45, 2.75) is 6.18 Å². The summed E-state index contributed by atoms with van der Waals surface area (Å²) in [5.41, 5.74) is 15.7. The van der Waals surface area contributed by atoms with Crippen LogP contribution in [0, 0.1) is 5.82 Å². The van der Waals surface area contributed by atoms with Crippen LogP contribution in [0.4, 0.5) is 46.0 Å². The van der Waals surface area contributed by atoms with Crippen LogP contribution in [0.25, 0.3) is 0 Å². The summed E-state index contributed by atoms with van der Waals surface area (Å²) in [6, 6.07) is 5.25. The smallest absolute Gasteiger partial charge is 0.397 e. The van der Waals surface area contributed by atoms with Gasteiger partial charge in [-0.05, 0) is 30.3 Å². The largest absolute Gasteiger partial charge is 0.416 e. The van der Waals surface area contributed by atoms with Crippen LogP contribution in [0.5, 0.6) is 0 Å². The Bertz CT molecular complexity index is 659. The molecule has 0 radical (unpaired) electrons. The van der Waals surface area contributed by atoms with Crippen LogP contribution in [0.15, 0.2) is 30.3 Å². The van der Waals surface area contributed by atoms with Crippen molar-refractivity contribution in [1.82, 2.24) is 0 Å². The maximum atomic E-state index is 13.4. The minimum absolute atomic E-state index is 0.0167. The summed E-state index contributed by atoms with van der Waals surface area (Å²) in [4.78, 5) is 0. The number of nitrogens with one attached hydrogen (secondary N) is 1. The highest BCUT2D eigenvalue weighted by Gasteiger charge is 2.30. The number of nitrogens with two attached hydrogens (primary N) is 3. The van der Waals surface area contributed by atoms with E-state index in [0.29, 0.717) is 0 Å². The van der Waals surface area contributed by atoms with E-state index >= 15 is 0 Å². The lowest BCUT2D eigenvalue weighted by atomic mass is 10.1. The zero-order chi connectivity index (χ0) is 15.8. The normalized spacial score (nSPS) is 11.4. The molecule has 0 heterocycles. The maximum absolute atomic E-state index is 13.4. The van der Waals surface area contributed by atoms with Crippen LogP contribution >= 0.6 is 0 Å².